The van der Waals surface area contributed by atoms with Crippen molar-refractivity contribution < 1.29 is 0 Å². The Hall–Kier alpha value is -16.5. The molecule has 0 N–H and O–H groups in total. The van der Waals surface area contributed by atoms with E-state index in [-0.39, 0.29) is 0 Å². The highest BCUT2D eigenvalue weighted by Gasteiger charge is 2.20. The maximum atomic E-state index is 5.27. The highest BCUT2D eigenvalue weighted by molar-refractivity contribution is 6.06. The van der Waals surface area contributed by atoms with E-state index in [0.717, 1.165) is 128 Å². The molecular formula is C118H78N6. The Labute approximate surface area is 719 Å². The molecule has 6 nitrogen and oxygen atoms in total. The van der Waals surface area contributed by atoms with Crippen molar-refractivity contribution in [3.63, 3.8) is 0 Å². The van der Waals surface area contributed by atoms with E-state index in [9.17, 15) is 0 Å². The van der Waals surface area contributed by atoms with Crippen LogP contribution in [0.25, 0.3) is 222 Å². The maximum Gasteiger partial charge on any atom is 0.0973 e. The normalized spacial score (nSPS) is 11.2. The molecule has 0 unspecified atom stereocenters. The lowest BCUT2D eigenvalue weighted by Gasteiger charge is -2.14. The summed E-state index contributed by atoms with van der Waals surface area (Å²) in [7, 11) is 0. The summed E-state index contributed by atoms with van der Waals surface area (Å²) in [5.41, 5.74) is 33.5. The topological polar surface area (TPSA) is 77.3 Å². The second-order valence-electron chi connectivity index (χ2n) is 31.2. The second kappa shape index (κ2) is 33.7. The van der Waals surface area contributed by atoms with E-state index in [2.05, 4.69) is 388 Å². The molecule has 0 atom stereocenters. The molecule has 20 aromatic carbocycles. The molecule has 3 heterocycles. The van der Waals surface area contributed by atoms with Crippen LogP contribution in [0.15, 0.2) is 473 Å². The van der Waals surface area contributed by atoms with Gasteiger partial charge in [0, 0.05) is 33.4 Å². The highest BCUT2D eigenvalue weighted by Crippen LogP contribution is 2.42. The quantitative estimate of drug-likeness (QED) is 0.114. The van der Waals surface area contributed by atoms with E-state index < -0.39 is 0 Å². The number of fused-ring (bicyclic) bond motifs is 7. The minimum absolute atomic E-state index is 0.870. The van der Waals surface area contributed by atoms with Gasteiger partial charge in [0.15, 0.2) is 0 Å². The van der Waals surface area contributed by atoms with Crippen molar-refractivity contribution in [3.05, 3.63) is 473 Å². The molecule has 6 heteroatoms. The molecule has 0 saturated carbocycles. The van der Waals surface area contributed by atoms with Gasteiger partial charge < -0.3 is 0 Å². The molecule has 0 saturated heterocycles. The first-order chi connectivity index (χ1) is 61.4. The third-order valence-electron chi connectivity index (χ3n) is 23.3. The Kier molecular flexibility index (Phi) is 20.4. The summed E-state index contributed by atoms with van der Waals surface area (Å²) in [6.45, 7) is 0. The SMILES string of the molecule is c1ccc(-c2nc3ccc(-c4cc(-c5ccc6ccccc6c5)cc(-c5ccc6ccccc6c5)c4)cc3nc2-c2ccccc2)cc1.c1ccc(-c2nc3ccc(-c4ccc(-c5ccc6ccccc6c5)cc4)cc3nc2-c2ccccc2)cc1.c1ccc(-c2nc3ccc(-c4ccc(-c5ccccc5)c5ccccc45)cc3nc2-c2ccccc2)cc1. The molecule has 23 rings (SSSR count). The first-order valence-corrected chi connectivity index (χ1v) is 42.0. The fraction of sp³-hybridized carbons (Fsp3) is 0. The summed E-state index contributed by atoms with van der Waals surface area (Å²) >= 11 is 0. The fourth-order valence-electron chi connectivity index (χ4n) is 17.0. The van der Waals surface area contributed by atoms with E-state index in [1.165, 1.54) is 93.2 Å². The number of rotatable bonds is 13. The maximum absolute atomic E-state index is 5.27. The monoisotopic (exact) mass is 1580 g/mol. The highest BCUT2D eigenvalue weighted by atomic mass is 14.9. The average molecular weight is 1580 g/mol. The lowest BCUT2D eigenvalue weighted by Crippen LogP contribution is -1.96. The Morgan fingerprint density at radius 3 is 0.629 bits per heavy atom. The van der Waals surface area contributed by atoms with Crippen molar-refractivity contribution in [3.8, 4) is 145 Å². The van der Waals surface area contributed by atoms with Gasteiger partial charge in [0.25, 0.3) is 0 Å². The van der Waals surface area contributed by atoms with Crippen LogP contribution < -0.4 is 0 Å². The Morgan fingerprint density at radius 2 is 0.315 bits per heavy atom. The zero-order valence-corrected chi connectivity index (χ0v) is 67.7. The molecule has 0 spiro atoms. The van der Waals surface area contributed by atoms with Crippen LogP contribution in [-0.2, 0) is 0 Å². The van der Waals surface area contributed by atoms with E-state index in [0.29, 0.717) is 0 Å². The van der Waals surface area contributed by atoms with Gasteiger partial charge in [-0.1, -0.05) is 400 Å². The van der Waals surface area contributed by atoms with Crippen molar-refractivity contribution >= 4 is 76.2 Å². The minimum Gasteiger partial charge on any atom is -0.244 e. The minimum atomic E-state index is 0.870. The first-order valence-electron chi connectivity index (χ1n) is 42.0. The van der Waals surface area contributed by atoms with Crippen molar-refractivity contribution in [1.82, 2.24) is 29.9 Å². The molecule has 0 aliphatic carbocycles. The van der Waals surface area contributed by atoms with Gasteiger partial charge in [-0.05, 0) is 194 Å². The molecule has 0 fully saturated rings. The fourth-order valence-corrected chi connectivity index (χ4v) is 17.0. The molecule has 0 amide bonds. The summed E-state index contributed by atoms with van der Waals surface area (Å²) in [6.07, 6.45) is 0. The zero-order valence-electron chi connectivity index (χ0n) is 67.7. The van der Waals surface area contributed by atoms with Crippen LogP contribution in [0.3, 0.4) is 0 Å². The first kappa shape index (κ1) is 75.0. The second-order valence-corrected chi connectivity index (χ2v) is 31.2. The Bertz CT molecular complexity index is 7770. The molecule has 0 bridgehead atoms. The van der Waals surface area contributed by atoms with Gasteiger partial charge in [-0.25, -0.2) is 29.9 Å². The molecule has 0 radical (unpaired) electrons. The lowest BCUT2D eigenvalue weighted by molar-refractivity contribution is 1.29. The van der Waals surface area contributed by atoms with E-state index >= 15 is 0 Å². The van der Waals surface area contributed by atoms with Crippen molar-refractivity contribution in [2.45, 2.75) is 0 Å². The predicted molar refractivity (Wildman–Crippen MR) is 519 cm³/mol. The van der Waals surface area contributed by atoms with Gasteiger partial charge in [0.05, 0.1) is 67.3 Å². The lowest BCUT2D eigenvalue weighted by atomic mass is 9.91. The van der Waals surface area contributed by atoms with Gasteiger partial charge in [-0.15, -0.1) is 0 Å². The molecule has 0 aliphatic heterocycles. The number of benzene rings is 20. The van der Waals surface area contributed by atoms with Crippen LogP contribution in [-0.4, -0.2) is 29.9 Å². The summed E-state index contributed by atoms with van der Waals surface area (Å²) in [6, 6.07) is 166. The predicted octanol–water partition coefficient (Wildman–Crippen LogP) is 31.2. The molecule has 0 aliphatic rings. The zero-order chi connectivity index (χ0) is 82.5. The van der Waals surface area contributed by atoms with Gasteiger partial charge in [-0.2, -0.15) is 0 Å². The van der Waals surface area contributed by atoms with Crippen LogP contribution in [0.1, 0.15) is 0 Å². The van der Waals surface area contributed by atoms with E-state index in [4.69, 9.17) is 29.9 Å². The van der Waals surface area contributed by atoms with Gasteiger partial charge in [-0.3, -0.25) is 0 Å². The third-order valence-corrected chi connectivity index (χ3v) is 23.3. The van der Waals surface area contributed by atoms with Crippen molar-refractivity contribution in [1.29, 1.82) is 0 Å². The van der Waals surface area contributed by atoms with Crippen LogP contribution in [0.4, 0.5) is 0 Å². The van der Waals surface area contributed by atoms with Crippen molar-refractivity contribution in [2.24, 2.45) is 0 Å². The molecule has 23 aromatic rings. The summed E-state index contributed by atoms with van der Waals surface area (Å²) in [5, 5.41) is 9.93. The number of aromatic nitrogens is 6. The van der Waals surface area contributed by atoms with E-state index in [1.807, 2.05) is 84.9 Å². The number of nitrogens with zero attached hydrogens (tertiary/aromatic N) is 6. The van der Waals surface area contributed by atoms with Crippen LogP contribution in [0, 0.1) is 0 Å². The molecule has 124 heavy (non-hydrogen) atoms. The molecule has 580 valence electrons. The smallest absolute Gasteiger partial charge is 0.0973 e. The average Bonchev–Trinajstić information content (AvgIpc) is 0.774. The van der Waals surface area contributed by atoms with Crippen LogP contribution in [0.5, 0.6) is 0 Å². The standard InChI is InChI=1S/C46H30N2.2C36H24N2/c1-3-13-33(14-4-1)45-46(34-15-5-2-6-16-34)48-44-30-39(23-24-43(44)47-45)42-28-40(37-21-19-31-11-7-9-17-35(31)25-37)27-41(29-42)38-22-20-32-12-8-10-18-36(32)26-38;1-4-12-25(13-5-1)29-21-22-30(32-19-11-10-18-31(29)32)28-20-23-33-34(24-28)38-36(27-16-8-3-9-17-27)35(37-33)26-14-6-2-7-15-26;1-3-10-28(11-4-1)35-36(29-12-5-2-6-13-29)38-34-24-32(21-22-33(34)37-35)27-17-15-26(16-18-27)31-20-19-25-9-7-8-14-30(25)23-31/h1-30H;2*1-24H. The third kappa shape index (κ3) is 15.5. The summed E-state index contributed by atoms with van der Waals surface area (Å²) < 4.78 is 0. The van der Waals surface area contributed by atoms with Gasteiger partial charge in [0.1, 0.15) is 0 Å². The van der Waals surface area contributed by atoms with Crippen LogP contribution in [0.2, 0.25) is 0 Å². The largest absolute Gasteiger partial charge is 0.244 e. The van der Waals surface area contributed by atoms with E-state index in [1.54, 1.807) is 0 Å². The number of hydrogen-bond acceptors (Lipinski definition) is 6. The molecular weight excluding hydrogens is 1500 g/mol. The number of hydrogen-bond donors (Lipinski definition) is 0. The molecule has 3 aromatic heterocycles. The van der Waals surface area contributed by atoms with Gasteiger partial charge >= 0.3 is 0 Å². The Morgan fingerprint density at radius 1 is 0.105 bits per heavy atom. The van der Waals surface area contributed by atoms with Crippen molar-refractivity contribution in [2.75, 3.05) is 0 Å². The summed E-state index contributed by atoms with van der Waals surface area (Å²) in [5.74, 6) is 0. The van der Waals surface area contributed by atoms with Crippen LogP contribution >= 0.6 is 0 Å². The summed E-state index contributed by atoms with van der Waals surface area (Å²) in [4.78, 5) is 31.0. The Balaban J connectivity index is 0.000000115. The van der Waals surface area contributed by atoms with Gasteiger partial charge in [0.2, 0.25) is 0 Å².